The van der Waals surface area contributed by atoms with Crippen LogP contribution < -0.4 is 5.73 Å². The van der Waals surface area contributed by atoms with Gasteiger partial charge in [0.2, 0.25) is 17.5 Å². The number of nitrogens with two attached hydrogens (primary N) is 1. The second-order valence-electron chi connectivity index (χ2n) is 9.95. The van der Waals surface area contributed by atoms with Crippen molar-refractivity contribution in [2.75, 3.05) is 12.8 Å². The molecule has 51 heavy (non-hydrogen) atoms. The number of aromatic carboxylic acids is 1. The minimum absolute atomic E-state index is 0.0347. The van der Waals surface area contributed by atoms with Gasteiger partial charge in [0.25, 0.3) is 11.4 Å². The van der Waals surface area contributed by atoms with Gasteiger partial charge in [0.1, 0.15) is 5.52 Å². The Morgan fingerprint density at radius 2 is 1.37 bits per heavy atom. The van der Waals surface area contributed by atoms with Crippen molar-refractivity contribution in [1.29, 1.82) is 0 Å². The number of fused-ring (bicyclic) bond motifs is 2. The van der Waals surface area contributed by atoms with Gasteiger partial charge in [-0.25, -0.2) is 29.5 Å². The van der Waals surface area contributed by atoms with E-state index in [4.69, 9.17) is 24.8 Å². The van der Waals surface area contributed by atoms with E-state index in [1.54, 1.807) is 36.5 Å². The third-order valence-electron chi connectivity index (χ3n) is 6.57. The van der Waals surface area contributed by atoms with Gasteiger partial charge >= 0.3 is 11.9 Å². The van der Waals surface area contributed by atoms with E-state index in [1.807, 2.05) is 0 Å². The first-order valence-corrected chi connectivity index (χ1v) is 14.2. The van der Waals surface area contributed by atoms with Crippen molar-refractivity contribution < 1.29 is 43.2 Å². The molecule has 0 spiro atoms. The maximum absolute atomic E-state index is 11.6. The fourth-order valence-electron chi connectivity index (χ4n) is 4.23. The molecule has 0 aliphatic heterocycles. The van der Waals surface area contributed by atoms with Gasteiger partial charge in [-0.3, -0.25) is 20.2 Å². The lowest BCUT2D eigenvalue weighted by atomic mass is 10.1. The van der Waals surface area contributed by atoms with E-state index in [9.17, 15) is 29.8 Å². The summed E-state index contributed by atoms with van der Waals surface area (Å²) in [6, 6.07) is 17.1. The van der Waals surface area contributed by atoms with Crippen LogP contribution in [0.2, 0.25) is 0 Å². The molecule has 2 aromatic carbocycles. The number of carbonyl (C=O) groups is 2. The fraction of sp³-hybridized carbons (Fsp3) is 0.0312. The lowest BCUT2D eigenvalue weighted by Gasteiger charge is -2.02. The van der Waals surface area contributed by atoms with Gasteiger partial charge in [0.15, 0.2) is 22.8 Å². The number of pyridine rings is 3. The van der Waals surface area contributed by atoms with Gasteiger partial charge in [0.05, 0.1) is 28.1 Å². The molecule has 0 amide bonds. The molecule has 19 heteroatoms. The Labute approximate surface area is 283 Å². The van der Waals surface area contributed by atoms with Crippen LogP contribution in [-0.4, -0.2) is 64.0 Å². The van der Waals surface area contributed by atoms with E-state index in [2.05, 4.69) is 29.7 Å². The third-order valence-corrected chi connectivity index (χ3v) is 6.57. The molecule has 0 unspecified atom stereocenters. The van der Waals surface area contributed by atoms with Crippen molar-refractivity contribution >= 4 is 51.6 Å². The monoisotopic (exact) mass is 694 g/mol. The second kappa shape index (κ2) is 14.9. The molecule has 0 saturated heterocycles. The van der Waals surface area contributed by atoms with Crippen molar-refractivity contribution in [3.8, 4) is 28.7 Å². The van der Waals surface area contributed by atoms with Crippen LogP contribution >= 0.6 is 0 Å². The van der Waals surface area contributed by atoms with E-state index in [-0.39, 0.29) is 57.1 Å². The number of aromatic hydroxyl groups is 1. The van der Waals surface area contributed by atoms with Gasteiger partial charge < -0.3 is 29.5 Å². The number of carbonyl (C=O) groups excluding carboxylic acids is 1. The molecule has 5 heterocycles. The molecule has 0 bridgehead atoms. The van der Waals surface area contributed by atoms with Gasteiger partial charge in [-0.2, -0.15) is 4.98 Å². The molecule has 256 valence electrons. The Balaban J connectivity index is 0.000000163. The number of hydrogen-bond acceptors (Lipinski definition) is 16. The molecule has 0 atom stereocenters. The highest BCUT2D eigenvalue weighted by atomic mass is 16.6. The van der Waals surface area contributed by atoms with Crippen molar-refractivity contribution in [3.05, 3.63) is 123 Å². The molecular formula is C32H22N8O11. The summed E-state index contributed by atoms with van der Waals surface area (Å²) in [5.74, 6) is -1.52. The van der Waals surface area contributed by atoms with E-state index < -0.39 is 21.8 Å². The molecule has 0 fully saturated rings. The number of rotatable bonds is 6. The Bertz CT molecular complexity index is 2310. The van der Waals surface area contributed by atoms with E-state index in [0.29, 0.717) is 22.3 Å². The maximum atomic E-state index is 11.6. The number of aromatic nitrogens is 5. The number of nitrogen functional groups attached to an aromatic ring is 1. The number of oxazole rings is 2. The summed E-state index contributed by atoms with van der Waals surface area (Å²) in [5, 5.41) is 39.6. The molecule has 0 saturated carbocycles. The van der Waals surface area contributed by atoms with Crippen LogP contribution in [0.3, 0.4) is 0 Å². The van der Waals surface area contributed by atoms with Gasteiger partial charge in [-0.05, 0) is 48.5 Å². The van der Waals surface area contributed by atoms with Crippen LogP contribution in [-0.2, 0) is 4.74 Å². The zero-order valence-electron chi connectivity index (χ0n) is 25.9. The fourth-order valence-corrected chi connectivity index (χ4v) is 4.23. The molecule has 5 aromatic heterocycles. The lowest BCUT2D eigenvalue weighted by molar-refractivity contribution is -0.385. The number of non-ortho nitro benzene ring substituents is 2. The maximum Gasteiger partial charge on any atom is 0.338 e. The molecule has 7 rings (SSSR count). The van der Waals surface area contributed by atoms with E-state index in [1.165, 1.54) is 49.8 Å². The van der Waals surface area contributed by atoms with Crippen LogP contribution in [0.5, 0.6) is 5.75 Å². The largest absolute Gasteiger partial charge is 0.504 e. The van der Waals surface area contributed by atoms with Crippen molar-refractivity contribution in [2.45, 2.75) is 0 Å². The summed E-state index contributed by atoms with van der Waals surface area (Å²) >= 11 is 0. The average molecular weight is 695 g/mol. The van der Waals surface area contributed by atoms with Gasteiger partial charge in [0, 0.05) is 54.0 Å². The number of benzene rings is 2. The first kappa shape index (κ1) is 34.5. The smallest absolute Gasteiger partial charge is 0.338 e. The predicted molar refractivity (Wildman–Crippen MR) is 176 cm³/mol. The molecule has 7 aromatic rings. The van der Waals surface area contributed by atoms with Crippen molar-refractivity contribution in [3.63, 3.8) is 0 Å². The number of hydrogen-bond donors (Lipinski definition) is 3. The number of anilines is 1. The molecule has 4 N–H and O–H groups in total. The highest BCUT2D eigenvalue weighted by molar-refractivity contribution is 5.92. The first-order valence-electron chi connectivity index (χ1n) is 14.2. The Kier molecular flexibility index (Phi) is 10.1. The highest BCUT2D eigenvalue weighted by Crippen LogP contribution is 2.29. The minimum Gasteiger partial charge on any atom is -0.504 e. The SMILES string of the molecule is COC(=O)c1cc(-c2nc3ncccc3o2)cc([N+](=O)[O-])c1.Nc1ncccc1O.O=C(O)c1cc(-c2nc3cccnc3o2)cc([N+](=O)[O-])c1. The quantitative estimate of drug-likeness (QED) is 0.111. The topological polar surface area (TPSA) is 287 Å². The zero-order chi connectivity index (χ0) is 36.7. The number of esters is 1. The van der Waals surface area contributed by atoms with E-state index in [0.717, 1.165) is 12.1 Å². The summed E-state index contributed by atoms with van der Waals surface area (Å²) < 4.78 is 15.5. The number of methoxy groups -OCH3 is 1. The lowest BCUT2D eigenvalue weighted by Crippen LogP contribution is -2.02. The highest BCUT2D eigenvalue weighted by Gasteiger charge is 2.20. The molecular weight excluding hydrogens is 672 g/mol. The summed E-state index contributed by atoms with van der Waals surface area (Å²) in [5.41, 5.74) is 6.47. The number of nitrogens with zero attached hydrogens (tertiary/aromatic N) is 7. The summed E-state index contributed by atoms with van der Waals surface area (Å²) in [6.45, 7) is 0. The second-order valence-corrected chi connectivity index (χ2v) is 9.95. The van der Waals surface area contributed by atoms with E-state index >= 15 is 0 Å². The number of carboxylic acid groups (broad SMARTS) is 1. The summed E-state index contributed by atoms with van der Waals surface area (Å²) in [6.07, 6.45) is 4.60. The molecule has 0 aliphatic carbocycles. The van der Waals surface area contributed by atoms with Crippen molar-refractivity contribution in [2.24, 2.45) is 0 Å². The molecule has 0 radical (unpaired) electrons. The first-order chi connectivity index (χ1) is 24.4. The summed E-state index contributed by atoms with van der Waals surface area (Å²) in [4.78, 5) is 63.2. The van der Waals surface area contributed by atoms with Gasteiger partial charge in [-0.1, -0.05) is 0 Å². The third kappa shape index (κ3) is 8.19. The van der Waals surface area contributed by atoms with Crippen LogP contribution in [0, 0.1) is 20.2 Å². The Hall–Kier alpha value is -7.83. The minimum atomic E-state index is -1.27. The van der Waals surface area contributed by atoms with Gasteiger partial charge in [-0.15, -0.1) is 0 Å². The number of nitro groups is 2. The van der Waals surface area contributed by atoms with Crippen LogP contribution in [0.4, 0.5) is 17.2 Å². The van der Waals surface area contributed by atoms with Crippen LogP contribution in [0.25, 0.3) is 45.4 Å². The number of ether oxygens (including phenoxy) is 1. The number of carboxylic acids is 1. The Morgan fingerprint density at radius 3 is 1.94 bits per heavy atom. The van der Waals surface area contributed by atoms with Crippen LogP contribution in [0.1, 0.15) is 20.7 Å². The molecule has 0 aliphatic rings. The number of nitro benzene ring substituents is 2. The summed E-state index contributed by atoms with van der Waals surface area (Å²) in [7, 11) is 1.20. The van der Waals surface area contributed by atoms with Crippen molar-refractivity contribution in [1.82, 2.24) is 24.9 Å². The zero-order valence-corrected chi connectivity index (χ0v) is 25.9. The normalized spacial score (nSPS) is 10.4. The Morgan fingerprint density at radius 1 is 0.784 bits per heavy atom. The molecule has 19 nitrogen and oxygen atoms in total. The average Bonchev–Trinajstić information content (AvgIpc) is 3.78. The van der Waals surface area contributed by atoms with Crippen LogP contribution in [0.15, 0.2) is 100 Å². The standard InChI is InChI=1S/C14H9N3O5.C13H7N3O5.C5H6N2O/c1-21-14(18)9-5-8(6-10(7-9)17(19)20)13-16-12-11(22-13)3-2-4-15-12;17-13(18)8-4-7(5-9(6-8)16(19)20)11-15-10-2-1-3-14-12(10)21-11;6-5-4(8)2-1-3-7-5/h2-7H,1H3;1-6H,(H,17,18);1-3,8H,(H2,6,7). The predicted octanol–water partition coefficient (Wildman–Crippen LogP) is 5.45.